The summed E-state index contributed by atoms with van der Waals surface area (Å²) in [5.74, 6) is 0. The minimum atomic E-state index is -0.647. The third kappa shape index (κ3) is 13.9. The smallest absolute Gasteiger partial charge is 0.433 e. The van der Waals surface area contributed by atoms with Crippen LogP contribution in [0.5, 0.6) is 0 Å². The van der Waals surface area contributed by atoms with Crippen molar-refractivity contribution in [2.24, 2.45) is 11.5 Å². The molecule has 0 heterocycles. The van der Waals surface area contributed by atoms with Crippen LogP contribution in [-0.2, 0) is 9.57 Å². The van der Waals surface area contributed by atoms with Gasteiger partial charge in [0, 0.05) is 13.1 Å². The van der Waals surface area contributed by atoms with Crippen molar-refractivity contribution in [3.8, 4) is 0 Å². The predicted octanol–water partition coefficient (Wildman–Crippen LogP) is 2.41. The van der Waals surface area contributed by atoms with Crippen LogP contribution in [0.25, 0.3) is 0 Å². The van der Waals surface area contributed by atoms with Gasteiger partial charge >= 0.3 is 6.16 Å². The maximum absolute atomic E-state index is 11.5. The van der Waals surface area contributed by atoms with Crippen LogP contribution < -0.4 is 11.5 Å². The van der Waals surface area contributed by atoms with Gasteiger partial charge in [-0.15, -0.1) is 5.06 Å². The fraction of sp³-hybridized carbons (Fsp3) is 0.933. The molecule has 0 aliphatic carbocycles. The average Bonchev–Trinajstić information content (AvgIpc) is 2.48. The molecule has 21 heavy (non-hydrogen) atoms. The van der Waals surface area contributed by atoms with Crippen LogP contribution in [0.1, 0.15) is 58.3 Å². The lowest BCUT2D eigenvalue weighted by Gasteiger charge is -2.20. The highest BCUT2D eigenvalue weighted by Gasteiger charge is 2.12. The molecule has 6 heteroatoms. The van der Waals surface area contributed by atoms with Crippen LogP contribution in [0.15, 0.2) is 0 Å². The summed E-state index contributed by atoms with van der Waals surface area (Å²) in [5.41, 5.74) is 10.8. The molecule has 0 aromatic rings. The first-order valence-corrected chi connectivity index (χ1v) is 8.24. The van der Waals surface area contributed by atoms with E-state index in [1.165, 1.54) is 25.7 Å². The molecule has 6 nitrogen and oxygen atoms in total. The fourth-order valence-corrected chi connectivity index (χ4v) is 1.91. The van der Waals surface area contributed by atoms with Crippen molar-refractivity contribution in [2.75, 3.05) is 32.8 Å². The second-order valence-corrected chi connectivity index (χ2v) is 5.17. The molecular weight excluding hydrogens is 270 g/mol. The molecule has 0 fully saturated rings. The average molecular weight is 303 g/mol. The van der Waals surface area contributed by atoms with E-state index in [1.54, 1.807) is 5.06 Å². The Kier molecular flexibility index (Phi) is 14.9. The molecule has 0 saturated heterocycles. The third-order valence-electron chi connectivity index (χ3n) is 3.14. The minimum absolute atomic E-state index is 0.303. The van der Waals surface area contributed by atoms with E-state index in [0.29, 0.717) is 32.7 Å². The molecule has 0 radical (unpaired) electrons. The summed E-state index contributed by atoms with van der Waals surface area (Å²) >= 11 is 0. The van der Waals surface area contributed by atoms with Gasteiger partial charge in [0.05, 0.1) is 6.61 Å². The molecular formula is C15H33N3O3. The quantitative estimate of drug-likeness (QED) is 0.291. The van der Waals surface area contributed by atoms with E-state index < -0.39 is 6.16 Å². The molecule has 0 amide bonds. The zero-order valence-corrected chi connectivity index (χ0v) is 13.5. The number of nitrogens with zero attached hydrogens (tertiary/aromatic N) is 1. The maximum atomic E-state index is 11.5. The molecule has 0 bridgehead atoms. The summed E-state index contributed by atoms with van der Waals surface area (Å²) in [6.45, 7) is 4.98. The van der Waals surface area contributed by atoms with Crippen molar-refractivity contribution < 1.29 is 14.4 Å². The van der Waals surface area contributed by atoms with Crippen LogP contribution in [0, 0.1) is 0 Å². The number of nitrogens with two attached hydrogens (primary N) is 2. The van der Waals surface area contributed by atoms with Gasteiger partial charge in [-0.05, 0) is 32.4 Å². The molecule has 126 valence electrons. The zero-order valence-electron chi connectivity index (χ0n) is 13.5. The molecule has 0 aromatic heterocycles. The summed E-state index contributed by atoms with van der Waals surface area (Å²) in [6, 6.07) is 0. The lowest BCUT2D eigenvalue weighted by atomic mass is 10.1. The highest BCUT2D eigenvalue weighted by Crippen LogP contribution is 2.07. The summed E-state index contributed by atoms with van der Waals surface area (Å²) in [6.07, 6.45) is 8.03. The number of hydroxylamine groups is 2. The Hall–Kier alpha value is -0.850. The van der Waals surface area contributed by atoms with Crippen LogP contribution in [0.3, 0.4) is 0 Å². The van der Waals surface area contributed by atoms with E-state index >= 15 is 0 Å². The van der Waals surface area contributed by atoms with E-state index in [9.17, 15) is 4.79 Å². The van der Waals surface area contributed by atoms with Gasteiger partial charge in [-0.25, -0.2) is 4.79 Å². The minimum Gasteiger partial charge on any atom is -0.433 e. The number of carbonyl (C=O) groups is 1. The van der Waals surface area contributed by atoms with Crippen molar-refractivity contribution in [2.45, 2.75) is 58.3 Å². The van der Waals surface area contributed by atoms with Gasteiger partial charge in [0.1, 0.15) is 0 Å². The first-order valence-electron chi connectivity index (χ1n) is 8.24. The van der Waals surface area contributed by atoms with Gasteiger partial charge in [0.2, 0.25) is 0 Å². The Morgan fingerprint density at radius 2 is 1.52 bits per heavy atom. The molecule has 4 N–H and O–H groups in total. The predicted molar refractivity (Wildman–Crippen MR) is 84.7 cm³/mol. The largest absolute Gasteiger partial charge is 0.527 e. The number of unbranched alkanes of at least 4 members (excludes halogenated alkanes) is 5. The highest BCUT2D eigenvalue weighted by molar-refractivity contribution is 5.59. The standard InChI is InChI=1S/C15H33N3O3/c1-2-3-4-5-6-7-12-18(13-8-10-16)21-15(19)20-14-9-11-17/h2-14,16-17H2,1H3. The van der Waals surface area contributed by atoms with E-state index in [2.05, 4.69) is 6.92 Å². The fourth-order valence-electron chi connectivity index (χ4n) is 1.91. The van der Waals surface area contributed by atoms with E-state index in [-0.39, 0.29) is 0 Å². The van der Waals surface area contributed by atoms with Crippen molar-refractivity contribution in [1.82, 2.24) is 5.06 Å². The Bertz CT molecular complexity index is 240. The summed E-state index contributed by atoms with van der Waals surface area (Å²) < 4.78 is 4.94. The third-order valence-corrected chi connectivity index (χ3v) is 3.14. The number of hydrogen-bond donors (Lipinski definition) is 2. The van der Waals surface area contributed by atoms with E-state index in [4.69, 9.17) is 21.0 Å². The van der Waals surface area contributed by atoms with Crippen molar-refractivity contribution >= 4 is 6.16 Å². The van der Waals surface area contributed by atoms with Crippen LogP contribution in [0.2, 0.25) is 0 Å². The zero-order chi connectivity index (χ0) is 15.8. The highest BCUT2D eigenvalue weighted by atomic mass is 16.8. The Morgan fingerprint density at radius 3 is 2.19 bits per heavy atom. The van der Waals surface area contributed by atoms with Gasteiger partial charge in [0.25, 0.3) is 0 Å². The second-order valence-electron chi connectivity index (χ2n) is 5.17. The van der Waals surface area contributed by atoms with Crippen LogP contribution >= 0.6 is 0 Å². The van der Waals surface area contributed by atoms with Crippen molar-refractivity contribution in [3.05, 3.63) is 0 Å². The SMILES string of the molecule is CCCCCCCCN(CCCN)OC(=O)OCCCN. The second kappa shape index (κ2) is 15.5. The Morgan fingerprint density at radius 1 is 0.905 bits per heavy atom. The van der Waals surface area contributed by atoms with Crippen molar-refractivity contribution in [1.29, 1.82) is 0 Å². The van der Waals surface area contributed by atoms with Gasteiger partial charge in [-0.1, -0.05) is 39.0 Å². The Balaban J connectivity index is 3.82. The number of hydrogen-bond acceptors (Lipinski definition) is 6. The lowest BCUT2D eigenvalue weighted by Crippen LogP contribution is -2.31. The number of ether oxygens (including phenoxy) is 1. The topological polar surface area (TPSA) is 90.8 Å². The molecule has 0 spiro atoms. The van der Waals surface area contributed by atoms with Crippen molar-refractivity contribution in [3.63, 3.8) is 0 Å². The molecule has 0 aromatic carbocycles. The van der Waals surface area contributed by atoms with Gasteiger partial charge in [-0.3, -0.25) is 0 Å². The molecule has 0 aliphatic heterocycles. The normalized spacial score (nSPS) is 10.9. The summed E-state index contributed by atoms with van der Waals surface area (Å²) in [4.78, 5) is 16.7. The molecule has 0 unspecified atom stereocenters. The lowest BCUT2D eigenvalue weighted by molar-refractivity contribution is -0.129. The Labute approximate surface area is 129 Å². The first-order chi connectivity index (χ1) is 10.2. The van der Waals surface area contributed by atoms with Crippen LogP contribution in [0.4, 0.5) is 4.79 Å². The van der Waals surface area contributed by atoms with E-state index in [0.717, 1.165) is 25.8 Å². The maximum Gasteiger partial charge on any atom is 0.527 e. The first kappa shape index (κ1) is 20.1. The molecule has 0 atom stereocenters. The number of carbonyl (C=O) groups excluding carboxylic acids is 1. The summed E-state index contributed by atoms with van der Waals surface area (Å²) in [5, 5.41) is 1.66. The van der Waals surface area contributed by atoms with E-state index in [1.807, 2.05) is 0 Å². The molecule has 0 aliphatic rings. The van der Waals surface area contributed by atoms with Gasteiger partial charge < -0.3 is 21.0 Å². The number of rotatable bonds is 14. The van der Waals surface area contributed by atoms with Crippen LogP contribution in [-0.4, -0.2) is 44.0 Å². The molecule has 0 rings (SSSR count). The monoisotopic (exact) mass is 303 g/mol. The van der Waals surface area contributed by atoms with Gasteiger partial charge in [0.15, 0.2) is 0 Å². The summed E-state index contributed by atoms with van der Waals surface area (Å²) in [7, 11) is 0. The van der Waals surface area contributed by atoms with Gasteiger partial charge in [-0.2, -0.15) is 0 Å². The molecule has 0 saturated carbocycles.